The first-order valence-electron chi connectivity index (χ1n) is 5.09. The fourth-order valence-corrected chi connectivity index (χ4v) is 3.10. The standard InChI is InChI=1S/C10H10BrClF3NO2S/c11-7-2-3-9(8(6-7)10(13,14)15)16-19(17,18)5-1-4-12/h2-3,6,16H,1,4-5H2. The zero-order chi connectivity index (χ0) is 14.7. The van der Waals surface area contributed by atoms with Crippen molar-refractivity contribution < 1.29 is 21.6 Å². The molecule has 0 amide bonds. The predicted octanol–water partition coefficient (Wildman–Crippen LogP) is 3.84. The molecule has 3 nitrogen and oxygen atoms in total. The third-order valence-electron chi connectivity index (χ3n) is 2.10. The molecular weight excluding hydrogens is 371 g/mol. The van der Waals surface area contributed by atoms with Crippen LogP contribution in [0, 0.1) is 0 Å². The van der Waals surface area contributed by atoms with Crippen LogP contribution in [0.4, 0.5) is 18.9 Å². The monoisotopic (exact) mass is 379 g/mol. The lowest BCUT2D eigenvalue weighted by atomic mass is 10.2. The van der Waals surface area contributed by atoms with E-state index < -0.39 is 27.5 Å². The number of halogens is 5. The Hall–Kier alpha value is -0.470. The highest BCUT2D eigenvalue weighted by Gasteiger charge is 2.34. The van der Waals surface area contributed by atoms with E-state index in [1.54, 1.807) is 0 Å². The van der Waals surface area contributed by atoms with Crippen molar-refractivity contribution in [2.75, 3.05) is 16.4 Å². The van der Waals surface area contributed by atoms with Gasteiger partial charge in [-0.25, -0.2) is 8.42 Å². The van der Waals surface area contributed by atoms with Crippen LogP contribution in [0.25, 0.3) is 0 Å². The smallest absolute Gasteiger partial charge is 0.283 e. The van der Waals surface area contributed by atoms with Gasteiger partial charge in [0, 0.05) is 10.4 Å². The van der Waals surface area contributed by atoms with Gasteiger partial charge in [-0.05, 0) is 24.6 Å². The Kier molecular flexibility index (Phi) is 5.52. The maximum Gasteiger partial charge on any atom is 0.418 e. The van der Waals surface area contributed by atoms with Gasteiger partial charge in [0.2, 0.25) is 10.0 Å². The second kappa shape index (κ2) is 6.32. The zero-order valence-corrected chi connectivity index (χ0v) is 12.6. The molecule has 19 heavy (non-hydrogen) atoms. The number of sulfonamides is 1. The van der Waals surface area contributed by atoms with E-state index in [2.05, 4.69) is 15.9 Å². The first-order valence-corrected chi connectivity index (χ1v) is 8.07. The summed E-state index contributed by atoms with van der Waals surface area (Å²) in [5.74, 6) is -0.211. The number of hydrogen-bond donors (Lipinski definition) is 1. The molecule has 0 fully saturated rings. The molecule has 0 saturated carbocycles. The average Bonchev–Trinajstić information content (AvgIpc) is 2.27. The highest BCUT2D eigenvalue weighted by molar-refractivity contribution is 9.10. The molecule has 0 unspecified atom stereocenters. The van der Waals surface area contributed by atoms with Crippen LogP contribution in [0.3, 0.4) is 0 Å². The zero-order valence-electron chi connectivity index (χ0n) is 9.47. The maximum absolute atomic E-state index is 12.8. The van der Waals surface area contributed by atoms with E-state index in [1.165, 1.54) is 6.07 Å². The molecular formula is C10H10BrClF3NO2S. The van der Waals surface area contributed by atoms with Crippen molar-refractivity contribution in [3.63, 3.8) is 0 Å². The minimum Gasteiger partial charge on any atom is -0.283 e. The summed E-state index contributed by atoms with van der Waals surface area (Å²) in [6, 6.07) is 3.21. The first-order chi connectivity index (χ1) is 8.65. The van der Waals surface area contributed by atoms with Crippen LogP contribution in [0.15, 0.2) is 22.7 Å². The topological polar surface area (TPSA) is 46.2 Å². The van der Waals surface area contributed by atoms with Crippen molar-refractivity contribution >= 4 is 43.2 Å². The number of rotatable bonds is 5. The van der Waals surface area contributed by atoms with Gasteiger partial charge in [0.25, 0.3) is 0 Å². The Morgan fingerprint density at radius 3 is 2.47 bits per heavy atom. The van der Waals surface area contributed by atoms with Crippen molar-refractivity contribution in [1.29, 1.82) is 0 Å². The molecule has 0 saturated heterocycles. The second-order valence-electron chi connectivity index (χ2n) is 3.65. The van der Waals surface area contributed by atoms with E-state index in [1.807, 2.05) is 4.72 Å². The molecule has 0 aliphatic rings. The van der Waals surface area contributed by atoms with E-state index in [4.69, 9.17) is 11.6 Å². The molecule has 0 spiro atoms. The largest absolute Gasteiger partial charge is 0.418 e. The summed E-state index contributed by atoms with van der Waals surface area (Å²) in [6.45, 7) is 0. The lowest BCUT2D eigenvalue weighted by Gasteiger charge is -2.15. The Morgan fingerprint density at radius 2 is 1.95 bits per heavy atom. The lowest BCUT2D eigenvalue weighted by molar-refractivity contribution is -0.136. The van der Waals surface area contributed by atoms with Crippen LogP contribution in [0.2, 0.25) is 0 Å². The molecule has 1 rings (SSSR count). The van der Waals surface area contributed by atoms with Gasteiger partial charge in [-0.15, -0.1) is 11.6 Å². The van der Waals surface area contributed by atoms with Gasteiger partial charge >= 0.3 is 6.18 Å². The quantitative estimate of drug-likeness (QED) is 0.789. The Morgan fingerprint density at radius 1 is 1.32 bits per heavy atom. The average molecular weight is 381 g/mol. The normalized spacial score (nSPS) is 12.5. The van der Waals surface area contributed by atoms with E-state index in [0.29, 0.717) is 0 Å². The number of hydrogen-bond acceptors (Lipinski definition) is 2. The van der Waals surface area contributed by atoms with Crippen molar-refractivity contribution in [1.82, 2.24) is 0 Å². The first kappa shape index (κ1) is 16.6. The van der Waals surface area contributed by atoms with Crippen LogP contribution >= 0.6 is 27.5 Å². The van der Waals surface area contributed by atoms with Crippen LogP contribution in [-0.4, -0.2) is 20.1 Å². The highest BCUT2D eigenvalue weighted by Crippen LogP contribution is 2.36. The number of anilines is 1. The van der Waals surface area contributed by atoms with Crippen molar-refractivity contribution in [3.05, 3.63) is 28.2 Å². The predicted molar refractivity (Wildman–Crippen MR) is 71.9 cm³/mol. The summed E-state index contributed by atoms with van der Waals surface area (Å²) in [4.78, 5) is 0. The summed E-state index contributed by atoms with van der Waals surface area (Å²) in [5.41, 5.74) is -1.54. The molecule has 0 radical (unpaired) electrons. The van der Waals surface area contributed by atoms with Crippen LogP contribution in [-0.2, 0) is 16.2 Å². The van der Waals surface area contributed by atoms with E-state index in [0.717, 1.165) is 12.1 Å². The number of benzene rings is 1. The van der Waals surface area contributed by atoms with Crippen LogP contribution < -0.4 is 4.72 Å². The Balaban J connectivity index is 3.08. The molecule has 0 aromatic heterocycles. The molecule has 1 aromatic carbocycles. The van der Waals surface area contributed by atoms with E-state index >= 15 is 0 Å². The van der Waals surface area contributed by atoms with Gasteiger partial charge in [0.15, 0.2) is 0 Å². The summed E-state index contributed by atoms with van der Waals surface area (Å²) < 4.78 is 63.6. The second-order valence-corrected chi connectivity index (χ2v) is 6.79. The van der Waals surface area contributed by atoms with E-state index in [9.17, 15) is 21.6 Å². The summed E-state index contributed by atoms with van der Waals surface area (Å²) >= 11 is 8.27. The minimum atomic E-state index is -4.64. The molecule has 0 aliphatic carbocycles. The van der Waals surface area contributed by atoms with Crippen molar-refractivity contribution in [3.8, 4) is 0 Å². The fraction of sp³-hybridized carbons (Fsp3) is 0.400. The van der Waals surface area contributed by atoms with Crippen molar-refractivity contribution in [2.45, 2.75) is 12.6 Å². The van der Waals surface area contributed by atoms with Gasteiger partial charge in [-0.1, -0.05) is 15.9 Å². The fourth-order valence-electron chi connectivity index (χ4n) is 1.30. The van der Waals surface area contributed by atoms with Crippen LogP contribution in [0.1, 0.15) is 12.0 Å². The molecule has 0 bridgehead atoms. The molecule has 9 heteroatoms. The Labute approximate surface area is 122 Å². The molecule has 0 heterocycles. The molecule has 1 N–H and O–H groups in total. The third kappa shape index (κ3) is 5.19. The molecule has 0 atom stereocenters. The van der Waals surface area contributed by atoms with Gasteiger partial charge in [-0.3, -0.25) is 4.72 Å². The summed E-state index contributed by atoms with van der Waals surface area (Å²) in [6.07, 6.45) is -4.48. The van der Waals surface area contributed by atoms with Gasteiger partial charge in [-0.2, -0.15) is 13.2 Å². The number of alkyl halides is 4. The molecule has 108 valence electrons. The molecule has 0 aliphatic heterocycles. The van der Waals surface area contributed by atoms with Gasteiger partial charge in [0.05, 0.1) is 17.0 Å². The SMILES string of the molecule is O=S(=O)(CCCCl)Nc1ccc(Br)cc1C(F)(F)F. The van der Waals surface area contributed by atoms with Crippen molar-refractivity contribution in [2.24, 2.45) is 0 Å². The summed E-state index contributed by atoms with van der Waals surface area (Å²) in [7, 11) is -3.84. The lowest BCUT2D eigenvalue weighted by Crippen LogP contribution is -2.20. The highest BCUT2D eigenvalue weighted by atomic mass is 79.9. The minimum absolute atomic E-state index is 0.118. The van der Waals surface area contributed by atoms with Crippen LogP contribution in [0.5, 0.6) is 0 Å². The van der Waals surface area contributed by atoms with Gasteiger partial charge in [0.1, 0.15) is 0 Å². The number of nitrogens with one attached hydrogen (secondary N) is 1. The Bertz CT molecular complexity index is 548. The molecule has 1 aromatic rings. The maximum atomic E-state index is 12.8. The third-order valence-corrected chi connectivity index (χ3v) is 4.22. The van der Waals surface area contributed by atoms with Gasteiger partial charge < -0.3 is 0 Å². The summed E-state index contributed by atoms with van der Waals surface area (Å²) in [5, 5.41) is 0. The van der Waals surface area contributed by atoms with E-state index in [-0.39, 0.29) is 22.5 Å².